The van der Waals surface area contributed by atoms with Crippen LogP contribution in [0.15, 0.2) is 52.4 Å². The molecular formula is C19H20N2OS3. The first-order valence-electron chi connectivity index (χ1n) is 7.94. The standard InChI is InChI=1S/C19H20N2OS3/c1-13-4-9-16-17(12-13)25-19(21(16)10-11-23-2)20-18(22)14-5-7-15(24-3)8-6-14/h4-9,12H,10-11H2,1-3H3. The first kappa shape index (κ1) is 18.3. The van der Waals surface area contributed by atoms with E-state index < -0.39 is 0 Å². The van der Waals surface area contributed by atoms with Gasteiger partial charge < -0.3 is 4.57 Å². The summed E-state index contributed by atoms with van der Waals surface area (Å²) in [6.07, 6.45) is 4.11. The highest BCUT2D eigenvalue weighted by atomic mass is 32.2. The molecule has 3 nitrogen and oxygen atoms in total. The summed E-state index contributed by atoms with van der Waals surface area (Å²) in [4.78, 5) is 18.9. The average Bonchev–Trinajstić information content (AvgIpc) is 2.95. The van der Waals surface area contributed by atoms with Gasteiger partial charge in [-0.15, -0.1) is 11.8 Å². The van der Waals surface area contributed by atoms with E-state index in [1.165, 1.54) is 10.3 Å². The van der Waals surface area contributed by atoms with Gasteiger partial charge in [-0.25, -0.2) is 0 Å². The highest BCUT2D eigenvalue weighted by molar-refractivity contribution is 7.98. The van der Waals surface area contributed by atoms with Crippen molar-refractivity contribution >= 4 is 51.0 Å². The van der Waals surface area contributed by atoms with Gasteiger partial charge in [0.25, 0.3) is 5.91 Å². The van der Waals surface area contributed by atoms with Gasteiger partial charge in [0.1, 0.15) is 0 Å². The molecule has 0 spiro atoms. The quantitative estimate of drug-likeness (QED) is 0.587. The summed E-state index contributed by atoms with van der Waals surface area (Å²) < 4.78 is 3.33. The molecule has 0 fully saturated rings. The van der Waals surface area contributed by atoms with Gasteiger partial charge in [0.2, 0.25) is 0 Å². The van der Waals surface area contributed by atoms with Crippen LogP contribution in [-0.2, 0) is 6.54 Å². The van der Waals surface area contributed by atoms with Gasteiger partial charge in [0.05, 0.1) is 10.2 Å². The Morgan fingerprint density at radius 3 is 2.60 bits per heavy atom. The van der Waals surface area contributed by atoms with Crippen LogP contribution < -0.4 is 4.80 Å². The molecule has 0 bridgehead atoms. The number of thiazole rings is 1. The van der Waals surface area contributed by atoms with Crippen molar-refractivity contribution < 1.29 is 4.79 Å². The largest absolute Gasteiger partial charge is 0.316 e. The number of hydrogen-bond donors (Lipinski definition) is 0. The molecule has 0 aliphatic rings. The van der Waals surface area contributed by atoms with Gasteiger partial charge in [-0.05, 0) is 61.4 Å². The van der Waals surface area contributed by atoms with Gasteiger partial charge >= 0.3 is 0 Å². The molecule has 1 aromatic heterocycles. The van der Waals surface area contributed by atoms with E-state index in [4.69, 9.17) is 0 Å². The van der Waals surface area contributed by atoms with Crippen LogP contribution >= 0.6 is 34.9 Å². The zero-order valence-corrected chi connectivity index (χ0v) is 16.9. The minimum absolute atomic E-state index is 0.186. The third-order valence-electron chi connectivity index (χ3n) is 3.89. The molecule has 6 heteroatoms. The van der Waals surface area contributed by atoms with Crippen LogP contribution in [0, 0.1) is 6.92 Å². The van der Waals surface area contributed by atoms with Gasteiger partial charge in [-0.2, -0.15) is 16.8 Å². The van der Waals surface area contributed by atoms with Crippen molar-refractivity contribution in [3.05, 3.63) is 58.4 Å². The van der Waals surface area contributed by atoms with E-state index in [0.29, 0.717) is 5.56 Å². The molecule has 3 rings (SSSR count). The van der Waals surface area contributed by atoms with Gasteiger partial charge in [0, 0.05) is 22.8 Å². The molecule has 0 unspecified atom stereocenters. The zero-order valence-electron chi connectivity index (χ0n) is 14.5. The van der Waals surface area contributed by atoms with Crippen LogP contribution in [0.3, 0.4) is 0 Å². The van der Waals surface area contributed by atoms with Crippen LogP contribution in [0.2, 0.25) is 0 Å². The summed E-state index contributed by atoms with van der Waals surface area (Å²) in [5.41, 5.74) is 2.99. The summed E-state index contributed by atoms with van der Waals surface area (Å²) in [5, 5.41) is 0. The Morgan fingerprint density at radius 1 is 1.16 bits per heavy atom. The molecule has 1 heterocycles. The van der Waals surface area contributed by atoms with Crippen molar-refractivity contribution in [3.8, 4) is 0 Å². The van der Waals surface area contributed by atoms with Crippen LogP contribution in [0.25, 0.3) is 10.2 Å². The summed E-state index contributed by atoms with van der Waals surface area (Å²) in [5.74, 6) is 0.803. The fourth-order valence-electron chi connectivity index (χ4n) is 2.55. The number of carbonyl (C=O) groups is 1. The van der Waals surface area contributed by atoms with E-state index in [0.717, 1.165) is 27.5 Å². The molecule has 0 radical (unpaired) electrons. The Balaban J connectivity index is 2.05. The lowest BCUT2D eigenvalue weighted by molar-refractivity contribution is 0.0998. The maximum Gasteiger partial charge on any atom is 0.279 e. The number of fused-ring (bicyclic) bond motifs is 1. The van der Waals surface area contributed by atoms with Crippen molar-refractivity contribution in [3.63, 3.8) is 0 Å². The molecule has 0 atom stereocenters. The van der Waals surface area contributed by atoms with Gasteiger partial charge in [-0.1, -0.05) is 17.4 Å². The Morgan fingerprint density at radius 2 is 1.92 bits per heavy atom. The number of thioether (sulfide) groups is 2. The third kappa shape index (κ3) is 4.19. The number of carbonyl (C=O) groups excluding carboxylic acids is 1. The first-order valence-corrected chi connectivity index (χ1v) is 11.4. The Hall–Kier alpha value is -1.50. The lowest BCUT2D eigenvalue weighted by Crippen LogP contribution is -2.18. The monoisotopic (exact) mass is 388 g/mol. The minimum atomic E-state index is -0.186. The van der Waals surface area contributed by atoms with E-state index in [9.17, 15) is 4.79 Å². The average molecular weight is 389 g/mol. The molecule has 1 amide bonds. The molecule has 130 valence electrons. The van der Waals surface area contributed by atoms with E-state index in [2.05, 4.69) is 40.9 Å². The van der Waals surface area contributed by atoms with Crippen molar-refractivity contribution in [2.75, 3.05) is 18.3 Å². The molecular weight excluding hydrogens is 368 g/mol. The van der Waals surface area contributed by atoms with Crippen molar-refractivity contribution in [2.45, 2.75) is 18.4 Å². The Bertz CT molecular complexity index is 955. The first-order chi connectivity index (χ1) is 12.1. The highest BCUT2D eigenvalue weighted by Gasteiger charge is 2.09. The normalized spacial score (nSPS) is 12.0. The van der Waals surface area contributed by atoms with Crippen LogP contribution in [0.1, 0.15) is 15.9 Å². The maximum absolute atomic E-state index is 12.6. The van der Waals surface area contributed by atoms with Crippen LogP contribution in [0.5, 0.6) is 0 Å². The topological polar surface area (TPSA) is 34.4 Å². The van der Waals surface area contributed by atoms with E-state index >= 15 is 0 Å². The summed E-state index contributed by atoms with van der Waals surface area (Å²) in [6.45, 7) is 2.93. The summed E-state index contributed by atoms with van der Waals surface area (Å²) in [7, 11) is 0. The molecule has 0 aliphatic heterocycles. The fourth-order valence-corrected chi connectivity index (χ4v) is 4.48. The molecule has 0 saturated carbocycles. The lowest BCUT2D eigenvalue weighted by atomic mass is 10.2. The number of aromatic nitrogens is 1. The number of benzene rings is 2. The van der Waals surface area contributed by atoms with Gasteiger partial charge in [-0.3, -0.25) is 4.79 Å². The number of rotatable bonds is 5. The number of amides is 1. The minimum Gasteiger partial charge on any atom is -0.316 e. The Kier molecular flexibility index (Phi) is 6.04. The molecule has 2 aromatic carbocycles. The molecule has 25 heavy (non-hydrogen) atoms. The number of hydrogen-bond acceptors (Lipinski definition) is 4. The Labute approximate surface area is 160 Å². The van der Waals surface area contributed by atoms with E-state index in [1.807, 2.05) is 30.5 Å². The van der Waals surface area contributed by atoms with Crippen molar-refractivity contribution in [2.24, 2.45) is 4.99 Å². The van der Waals surface area contributed by atoms with Crippen molar-refractivity contribution in [1.29, 1.82) is 0 Å². The highest BCUT2D eigenvalue weighted by Crippen LogP contribution is 2.20. The predicted octanol–water partition coefficient (Wildman–Crippen LogP) is 4.84. The second-order valence-electron chi connectivity index (χ2n) is 5.65. The fraction of sp³-hybridized carbons (Fsp3) is 0.263. The third-order valence-corrected chi connectivity index (χ3v) is 6.27. The van der Waals surface area contributed by atoms with Gasteiger partial charge in [0.15, 0.2) is 4.80 Å². The maximum atomic E-state index is 12.6. The summed E-state index contributed by atoms with van der Waals surface area (Å²) in [6, 6.07) is 14.0. The molecule has 0 aliphatic carbocycles. The van der Waals surface area contributed by atoms with E-state index in [-0.39, 0.29) is 5.91 Å². The molecule has 0 saturated heterocycles. The SMILES string of the molecule is CSCCn1c(=NC(=O)c2ccc(SC)cc2)sc2cc(C)ccc21. The smallest absolute Gasteiger partial charge is 0.279 e. The van der Waals surface area contributed by atoms with Crippen molar-refractivity contribution in [1.82, 2.24) is 4.57 Å². The van der Waals surface area contributed by atoms with E-state index in [1.54, 1.807) is 34.9 Å². The van der Waals surface area contributed by atoms with Crippen LogP contribution in [-0.4, -0.2) is 28.7 Å². The lowest BCUT2D eigenvalue weighted by Gasteiger charge is -2.04. The molecule has 3 aromatic rings. The predicted molar refractivity (Wildman–Crippen MR) is 111 cm³/mol. The second kappa shape index (κ2) is 8.25. The number of nitrogens with zero attached hydrogens (tertiary/aromatic N) is 2. The zero-order chi connectivity index (χ0) is 17.8. The van der Waals surface area contributed by atoms with Crippen LogP contribution in [0.4, 0.5) is 0 Å². The number of aryl methyl sites for hydroxylation is 2. The second-order valence-corrected chi connectivity index (χ2v) is 8.52. The summed E-state index contributed by atoms with van der Waals surface area (Å²) >= 11 is 5.04. The molecule has 0 N–H and O–H groups in total.